The van der Waals surface area contributed by atoms with Crippen LogP contribution < -0.4 is 10.1 Å². The van der Waals surface area contributed by atoms with E-state index in [0.717, 1.165) is 0 Å². The zero-order chi connectivity index (χ0) is 15.2. The Labute approximate surface area is 120 Å². The van der Waals surface area contributed by atoms with Crippen LogP contribution in [0.5, 0.6) is 5.75 Å². The first kappa shape index (κ1) is 14.9. The molecule has 1 aromatic carbocycles. The number of hydrogen-bond donors (Lipinski definition) is 1. The molecule has 2 aromatic rings. The SMILES string of the molecule is CC(NC(=O)c1cccnc1)c1cccc(OC(F)F)c1. The zero-order valence-electron chi connectivity index (χ0n) is 11.3. The number of alkyl halides is 2. The van der Waals surface area contributed by atoms with Crippen LogP contribution in [0.3, 0.4) is 0 Å². The minimum Gasteiger partial charge on any atom is -0.435 e. The smallest absolute Gasteiger partial charge is 0.387 e. The van der Waals surface area contributed by atoms with E-state index in [-0.39, 0.29) is 17.7 Å². The molecular weight excluding hydrogens is 278 g/mol. The van der Waals surface area contributed by atoms with Gasteiger partial charge in [0.2, 0.25) is 0 Å². The second-order valence-corrected chi connectivity index (χ2v) is 4.39. The maximum Gasteiger partial charge on any atom is 0.387 e. The molecule has 1 heterocycles. The quantitative estimate of drug-likeness (QED) is 0.921. The molecule has 21 heavy (non-hydrogen) atoms. The highest BCUT2D eigenvalue weighted by molar-refractivity contribution is 5.94. The zero-order valence-corrected chi connectivity index (χ0v) is 11.3. The largest absolute Gasteiger partial charge is 0.435 e. The first-order valence-electron chi connectivity index (χ1n) is 6.32. The maximum atomic E-state index is 12.2. The van der Waals surface area contributed by atoms with E-state index in [1.165, 1.54) is 18.3 Å². The highest BCUT2D eigenvalue weighted by atomic mass is 19.3. The van der Waals surface area contributed by atoms with Gasteiger partial charge in [-0.2, -0.15) is 8.78 Å². The molecule has 0 saturated carbocycles. The average molecular weight is 292 g/mol. The molecule has 0 aliphatic rings. The highest BCUT2D eigenvalue weighted by Crippen LogP contribution is 2.20. The van der Waals surface area contributed by atoms with Gasteiger partial charge >= 0.3 is 6.61 Å². The van der Waals surface area contributed by atoms with Crippen LogP contribution in [-0.4, -0.2) is 17.5 Å². The summed E-state index contributed by atoms with van der Waals surface area (Å²) in [6, 6.07) is 9.19. The predicted octanol–water partition coefficient (Wildman–Crippen LogP) is 3.17. The van der Waals surface area contributed by atoms with E-state index in [1.807, 2.05) is 0 Å². The van der Waals surface area contributed by atoms with Crippen molar-refractivity contribution in [3.63, 3.8) is 0 Å². The number of hydrogen-bond acceptors (Lipinski definition) is 3. The minimum absolute atomic E-state index is 0.0602. The molecule has 1 unspecified atom stereocenters. The van der Waals surface area contributed by atoms with Crippen LogP contribution in [0, 0.1) is 0 Å². The molecule has 0 fully saturated rings. The number of halogens is 2. The van der Waals surface area contributed by atoms with Gasteiger partial charge in [0.1, 0.15) is 5.75 Å². The Balaban J connectivity index is 2.06. The van der Waals surface area contributed by atoms with Crippen molar-refractivity contribution in [2.45, 2.75) is 19.6 Å². The summed E-state index contributed by atoms with van der Waals surface area (Å²) < 4.78 is 28.7. The summed E-state index contributed by atoms with van der Waals surface area (Å²) in [6.07, 6.45) is 3.03. The fourth-order valence-electron chi connectivity index (χ4n) is 1.82. The van der Waals surface area contributed by atoms with E-state index >= 15 is 0 Å². The van der Waals surface area contributed by atoms with Gasteiger partial charge in [-0.25, -0.2) is 0 Å². The van der Waals surface area contributed by atoms with Crippen molar-refractivity contribution in [2.24, 2.45) is 0 Å². The lowest BCUT2D eigenvalue weighted by atomic mass is 10.1. The maximum absolute atomic E-state index is 12.2. The summed E-state index contributed by atoms with van der Waals surface area (Å²) in [4.78, 5) is 15.9. The Hall–Kier alpha value is -2.50. The number of benzene rings is 1. The second kappa shape index (κ2) is 6.78. The third-order valence-electron chi connectivity index (χ3n) is 2.85. The number of aromatic nitrogens is 1. The van der Waals surface area contributed by atoms with E-state index in [4.69, 9.17) is 0 Å². The molecule has 1 N–H and O–H groups in total. The molecule has 6 heteroatoms. The molecule has 0 bridgehead atoms. The molecule has 0 radical (unpaired) electrons. The number of nitrogens with one attached hydrogen (secondary N) is 1. The van der Waals surface area contributed by atoms with Crippen molar-refractivity contribution in [2.75, 3.05) is 0 Å². The van der Waals surface area contributed by atoms with Crippen molar-refractivity contribution < 1.29 is 18.3 Å². The Bertz CT molecular complexity index is 606. The van der Waals surface area contributed by atoms with Gasteiger partial charge < -0.3 is 10.1 Å². The number of carbonyl (C=O) groups is 1. The monoisotopic (exact) mass is 292 g/mol. The van der Waals surface area contributed by atoms with E-state index in [9.17, 15) is 13.6 Å². The molecule has 1 atom stereocenters. The summed E-state index contributed by atoms with van der Waals surface area (Å²) in [7, 11) is 0. The molecule has 1 aromatic heterocycles. The number of pyridine rings is 1. The summed E-state index contributed by atoms with van der Waals surface area (Å²) in [5.41, 5.74) is 1.11. The van der Waals surface area contributed by atoms with Gasteiger partial charge in [-0.3, -0.25) is 9.78 Å². The molecule has 110 valence electrons. The molecule has 0 aliphatic heterocycles. The molecule has 0 aliphatic carbocycles. The molecule has 4 nitrogen and oxygen atoms in total. The summed E-state index contributed by atoms with van der Waals surface area (Å²) in [5, 5.41) is 2.77. The fraction of sp³-hybridized carbons (Fsp3) is 0.200. The number of rotatable bonds is 5. The van der Waals surface area contributed by atoms with Gasteiger partial charge in [0, 0.05) is 12.4 Å². The van der Waals surface area contributed by atoms with Crippen LogP contribution in [-0.2, 0) is 0 Å². The third-order valence-corrected chi connectivity index (χ3v) is 2.85. The normalized spacial score (nSPS) is 12.0. The van der Waals surface area contributed by atoms with Crippen molar-refractivity contribution in [1.29, 1.82) is 0 Å². The van der Waals surface area contributed by atoms with E-state index in [0.29, 0.717) is 11.1 Å². The minimum atomic E-state index is -2.87. The second-order valence-electron chi connectivity index (χ2n) is 4.39. The standard InChI is InChI=1S/C15H14F2N2O2/c1-10(19-14(20)12-5-3-7-18-9-12)11-4-2-6-13(8-11)21-15(16)17/h2-10,15H,1H3,(H,19,20). The third kappa shape index (κ3) is 4.24. The van der Waals surface area contributed by atoms with Crippen LogP contribution in [0.25, 0.3) is 0 Å². The molecule has 1 amide bonds. The number of ether oxygens (including phenoxy) is 1. The number of amides is 1. The highest BCUT2D eigenvalue weighted by Gasteiger charge is 2.13. The molecule has 0 spiro atoms. The van der Waals surface area contributed by atoms with Crippen molar-refractivity contribution in [3.8, 4) is 5.75 Å². The Morgan fingerprint density at radius 2 is 2.10 bits per heavy atom. The van der Waals surface area contributed by atoms with Crippen LogP contribution in [0.2, 0.25) is 0 Å². The first-order chi connectivity index (χ1) is 10.1. The van der Waals surface area contributed by atoms with Gasteiger partial charge in [-0.05, 0) is 36.8 Å². The Morgan fingerprint density at radius 3 is 2.76 bits per heavy atom. The van der Waals surface area contributed by atoms with Crippen LogP contribution >= 0.6 is 0 Å². The van der Waals surface area contributed by atoms with E-state index in [2.05, 4.69) is 15.0 Å². The number of nitrogens with zero attached hydrogens (tertiary/aromatic N) is 1. The Kier molecular flexibility index (Phi) is 4.81. The first-order valence-corrected chi connectivity index (χ1v) is 6.32. The van der Waals surface area contributed by atoms with Gasteiger partial charge in [0.05, 0.1) is 11.6 Å². The van der Waals surface area contributed by atoms with Crippen LogP contribution in [0.1, 0.15) is 28.9 Å². The molecule has 2 rings (SSSR count). The van der Waals surface area contributed by atoms with Crippen LogP contribution in [0.4, 0.5) is 8.78 Å². The fourth-order valence-corrected chi connectivity index (χ4v) is 1.82. The lowest BCUT2D eigenvalue weighted by molar-refractivity contribution is -0.0499. The molecular formula is C15H14F2N2O2. The lowest BCUT2D eigenvalue weighted by Gasteiger charge is -2.15. The van der Waals surface area contributed by atoms with Gasteiger partial charge in [-0.1, -0.05) is 12.1 Å². The van der Waals surface area contributed by atoms with Crippen molar-refractivity contribution in [1.82, 2.24) is 10.3 Å². The van der Waals surface area contributed by atoms with Gasteiger partial charge in [-0.15, -0.1) is 0 Å². The Morgan fingerprint density at radius 1 is 1.29 bits per heavy atom. The van der Waals surface area contributed by atoms with Crippen molar-refractivity contribution in [3.05, 3.63) is 59.9 Å². The summed E-state index contributed by atoms with van der Waals surface area (Å²) >= 11 is 0. The topological polar surface area (TPSA) is 51.2 Å². The molecule has 0 saturated heterocycles. The summed E-state index contributed by atoms with van der Waals surface area (Å²) in [6.45, 7) is -1.11. The lowest BCUT2D eigenvalue weighted by Crippen LogP contribution is -2.26. The van der Waals surface area contributed by atoms with E-state index < -0.39 is 6.61 Å². The van der Waals surface area contributed by atoms with Crippen LogP contribution in [0.15, 0.2) is 48.8 Å². The van der Waals surface area contributed by atoms with E-state index in [1.54, 1.807) is 37.4 Å². The number of carbonyl (C=O) groups excluding carboxylic acids is 1. The average Bonchev–Trinajstić information content (AvgIpc) is 2.47. The summed E-state index contributed by atoms with van der Waals surface area (Å²) in [5.74, 6) is -0.222. The van der Waals surface area contributed by atoms with Gasteiger partial charge in [0.15, 0.2) is 0 Å². The van der Waals surface area contributed by atoms with Gasteiger partial charge in [0.25, 0.3) is 5.91 Å². The van der Waals surface area contributed by atoms with Crippen molar-refractivity contribution >= 4 is 5.91 Å². The predicted molar refractivity (Wildman–Crippen MR) is 73.2 cm³/mol.